The van der Waals surface area contributed by atoms with E-state index in [-0.39, 0.29) is 4.90 Å². The minimum atomic E-state index is -3.73. The maximum atomic E-state index is 12.8. The van der Waals surface area contributed by atoms with Crippen molar-refractivity contribution in [3.63, 3.8) is 0 Å². The Kier molecular flexibility index (Phi) is 7.32. The number of nitrogens with zero attached hydrogens (tertiary/aromatic N) is 4. The van der Waals surface area contributed by atoms with Gasteiger partial charge in [-0.05, 0) is 36.7 Å². The van der Waals surface area contributed by atoms with E-state index in [1.165, 1.54) is 40.9 Å². The zero-order chi connectivity index (χ0) is 24.3. The Balaban J connectivity index is 1.29. The fraction of sp³-hybridized carbons (Fsp3) is 0.417. The number of fused-ring (bicyclic) bond motifs is 1. The first-order chi connectivity index (χ1) is 16.3. The SMILES string of the molecule is Cn1c(=O)c(=O)n(C)c2cc(S(=O)(=O)NCCCN3CCN(Cc4ccccc4)CC3)ccc21. The van der Waals surface area contributed by atoms with Gasteiger partial charge in [-0.15, -0.1) is 0 Å². The molecule has 1 fully saturated rings. The zero-order valence-corrected chi connectivity index (χ0v) is 20.4. The molecule has 182 valence electrons. The summed E-state index contributed by atoms with van der Waals surface area (Å²) in [5.41, 5.74) is 0.869. The lowest BCUT2D eigenvalue weighted by molar-refractivity contribution is 0.126. The van der Waals surface area contributed by atoms with Crippen molar-refractivity contribution in [1.29, 1.82) is 0 Å². The molecule has 4 rings (SSSR count). The van der Waals surface area contributed by atoms with Gasteiger partial charge in [0.2, 0.25) is 10.0 Å². The lowest BCUT2D eigenvalue weighted by Gasteiger charge is -2.34. The second-order valence-electron chi connectivity index (χ2n) is 8.73. The maximum Gasteiger partial charge on any atom is 0.316 e. The summed E-state index contributed by atoms with van der Waals surface area (Å²) in [6.45, 7) is 6.05. The van der Waals surface area contributed by atoms with Gasteiger partial charge in [0.1, 0.15) is 0 Å². The monoisotopic (exact) mass is 485 g/mol. The van der Waals surface area contributed by atoms with Crippen LogP contribution in [-0.2, 0) is 30.7 Å². The van der Waals surface area contributed by atoms with Crippen molar-refractivity contribution in [3.8, 4) is 0 Å². The summed E-state index contributed by atoms with van der Waals surface area (Å²) in [5, 5.41) is 0. The molecule has 1 N–H and O–H groups in total. The Hall–Kier alpha value is -2.79. The number of benzene rings is 2. The second kappa shape index (κ2) is 10.2. The van der Waals surface area contributed by atoms with Crippen LogP contribution in [0.5, 0.6) is 0 Å². The smallest absolute Gasteiger partial charge is 0.305 e. The summed E-state index contributed by atoms with van der Waals surface area (Å²) in [4.78, 5) is 29.0. The second-order valence-corrected chi connectivity index (χ2v) is 10.5. The van der Waals surface area contributed by atoms with Crippen molar-refractivity contribution >= 4 is 21.1 Å². The molecule has 0 spiro atoms. The van der Waals surface area contributed by atoms with Gasteiger partial charge in [-0.2, -0.15) is 0 Å². The highest BCUT2D eigenvalue weighted by atomic mass is 32.2. The first-order valence-corrected chi connectivity index (χ1v) is 12.9. The van der Waals surface area contributed by atoms with Gasteiger partial charge in [-0.1, -0.05) is 30.3 Å². The van der Waals surface area contributed by atoms with Crippen molar-refractivity contribution in [3.05, 3.63) is 74.8 Å². The van der Waals surface area contributed by atoms with Gasteiger partial charge in [0.25, 0.3) is 0 Å². The molecule has 2 heterocycles. The molecule has 10 heteroatoms. The van der Waals surface area contributed by atoms with E-state index in [4.69, 9.17) is 0 Å². The molecular formula is C24H31N5O4S. The summed E-state index contributed by atoms with van der Waals surface area (Å²) >= 11 is 0. The standard InChI is InChI=1S/C24H31N5O4S/c1-26-21-10-9-20(17-22(21)27(2)24(31)23(26)30)34(32,33)25-11-6-12-28-13-15-29(16-14-28)18-19-7-4-3-5-8-19/h3-5,7-10,17,25H,6,11-16,18H2,1-2H3. The van der Waals surface area contributed by atoms with E-state index in [1.807, 2.05) is 6.07 Å². The number of hydrogen-bond acceptors (Lipinski definition) is 6. The molecule has 0 radical (unpaired) electrons. The summed E-state index contributed by atoms with van der Waals surface area (Å²) < 4.78 is 30.7. The molecule has 1 aliphatic rings. The molecule has 0 saturated carbocycles. The van der Waals surface area contributed by atoms with Gasteiger partial charge in [0, 0.05) is 53.4 Å². The fourth-order valence-corrected chi connectivity index (χ4v) is 5.43. The first kappa shape index (κ1) is 24.3. The summed E-state index contributed by atoms with van der Waals surface area (Å²) in [6, 6.07) is 14.9. The average molecular weight is 486 g/mol. The third kappa shape index (κ3) is 5.30. The van der Waals surface area contributed by atoms with Gasteiger partial charge in [0.05, 0.1) is 15.9 Å². The molecule has 0 amide bonds. The van der Waals surface area contributed by atoms with Crippen molar-refractivity contribution in [2.24, 2.45) is 14.1 Å². The number of sulfonamides is 1. The summed E-state index contributed by atoms with van der Waals surface area (Å²) in [7, 11) is -0.762. The highest BCUT2D eigenvalue weighted by Gasteiger charge is 2.19. The van der Waals surface area contributed by atoms with Crippen LogP contribution in [0.1, 0.15) is 12.0 Å². The third-order valence-electron chi connectivity index (χ3n) is 6.43. The van der Waals surface area contributed by atoms with E-state index in [1.54, 1.807) is 6.07 Å². The number of nitrogens with one attached hydrogen (secondary N) is 1. The Labute approximate surface area is 199 Å². The molecule has 9 nitrogen and oxygen atoms in total. The van der Waals surface area contributed by atoms with Crippen LogP contribution in [0.2, 0.25) is 0 Å². The molecule has 0 unspecified atom stereocenters. The topological polar surface area (TPSA) is 96.6 Å². The van der Waals surface area contributed by atoms with Gasteiger partial charge in [-0.3, -0.25) is 14.5 Å². The zero-order valence-electron chi connectivity index (χ0n) is 19.6. The number of rotatable bonds is 8. The van der Waals surface area contributed by atoms with Gasteiger partial charge in [0.15, 0.2) is 0 Å². The largest absolute Gasteiger partial charge is 0.316 e. The molecule has 0 bridgehead atoms. The number of aryl methyl sites for hydroxylation is 2. The first-order valence-electron chi connectivity index (χ1n) is 11.4. The molecule has 1 aliphatic heterocycles. The normalized spacial score (nSPS) is 15.7. The lowest BCUT2D eigenvalue weighted by atomic mass is 10.2. The van der Waals surface area contributed by atoms with Gasteiger partial charge in [-0.25, -0.2) is 13.1 Å². The Morgan fingerprint density at radius 1 is 0.824 bits per heavy atom. The lowest BCUT2D eigenvalue weighted by Crippen LogP contribution is -2.46. The van der Waals surface area contributed by atoms with Crippen LogP contribution in [0.25, 0.3) is 11.0 Å². The van der Waals surface area contributed by atoms with Crippen LogP contribution in [0.3, 0.4) is 0 Å². The Bertz CT molecular complexity index is 1370. The Morgan fingerprint density at radius 3 is 2.12 bits per heavy atom. The fourth-order valence-electron chi connectivity index (χ4n) is 4.33. The molecular weight excluding hydrogens is 454 g/mol. The van der Waals surface area contributed by atoms with E-state index in [0.717, 1.165) is 39.3 Å². The van der Waals surface area contributed by atoms with Crippen LogP contribution in [0, 0.1) is 0 Å². The number of hydrogen-bond donors (Lipinski definition) is 1. The predicted octanol–water partition coefficient (Wildman–Crippen LogP) is 0.723. The van der Waals surface area contributed by atoms with E-state index < -0.39 is 21.1 Å². The number of aromatic nitrogens is 2. The number of piperazine rings is 1. The van der Waals surface area contributed by atoms with Crippen molar-refractivity contribution < 1.29 is 8.42 Å². The minimum absolute atomic E-state index is 0.0724. The molecule has 0 atom stereocenters. The Morgan fingerprint density at radius 2 is 1.44 bits per heavy atom. The highest BCUT2D eigenvalue weighted by Crippen LogP contribution is 2.16. The molecule has 2 aromatic carbocycles. The van der Waals surface area contributed by atoms with Crippen LogP contribution in [-0.4, -0.2) is 66.6 Å². The molecule has 1 saturated heterocycles. The predicted molar refractivity (Wildman–Crippen MR) is 132 cm³/mol. The van der Waals surface area contributed by atoms with Crippen LogP contribution in [0.15, 0.2) is 63.0 Å². The average Bonchev–Trinajstić information content (AvgIpc) is 2.85. The quantitative estimate of drug-likeness (QED) is 0.373. The van der Waals surface area contributed by atoms with Crippen LogP contribution >= 0.6 is 0 Å². The van der Waals surface area contributed by atoms with Crippen LogP contribution < -0.4 is 15.8 Å². The molecule has 0 aliphatic carbocycles. The van der Waals surface area contributed by atoms with E-state index >= 15 is 0 Å². The van der Waals surface area contributed by atoms with Crippen molar-refractivity contribution in [1.82, 2.24) is 23.7 Å². The third-order valence-corrected chi connectivity index (χ3v) is 7.89. The van der Waals surface area contributed by atoms with Gasteiger partial charge < -0.3 is 14.0 Å². The maximum absolute atomic E-state index is 12.8. The molecule has 1 aromatic heterocycles. The van der Waals surface area contributed by atoms with Gasteiger partial charge >= 0.3 is 11.1 Å². The summed E-state index contributed by atoms with van der Waals surface area (Å²) in [6.07, 6.45) is 0.707. The van der Waals surface area contributed by atoms with Crippen LogP contribution in [0.4, 0.5) is 0 Å². The van der Waals surface area contributed by atoms with Crippen molar-refractivity contribution in [2.75, 3.05) is 39.3 Å². The summed E-state index contributed by atoms with van der Waals surface area (Å²) in [5.74, 6) is 0. The highest BCUT2D eigenvalue weighted by molar-refractivity contribution is 7.89. The minimum Gasteiger partial charge on any atom is -0.305 e. The van der Waals surface area contributed by atoms with E-state index in [0.29, 0.717) is 24.0 Å². The molecule has 34 heavy (non-hydrogen) atoms. The van der Waals surface area contributed by atoms with Crippen molar-refractivity contribution in [2.45, 2.75) is 17.9 Å². The van der Waals surface area contributed by atoms with E-state index in [2.05, 4.69) is 38.8 Å². The van der Waals surface area contributed by atoms with E-state index in [9.17, 15) is 18.0 Å². The molecule has 3 aromatic rings.